The number of nitrogens with one attached hydrogen (secondary N) is 1. The quantitative estimate of drug-likeness (QED) is 0.124. The highest BCUT2D eigenvalue weighted by molar-refractivity contribution is 9.10. The number of fused-ring (bicyclic) bond motifs is 4. The molecular weight excluding hydrogens is 676 g/mol. The summed E-state index contributed by atoms with van der Waals surface area (Å²) in [6.07, 6.45) is 1.44. The molecule has 1 amide bonds. The summed E-state index contributed by atoms with van der Waals surface area (Å²) < 4.78 is 17.6. The van der Waals surface area contributed by atoms with Gasteiger partial charge in [0.25, 0.3) is 5.91 Å². The standard InChI is InChI=1S/C34H36BrClN4O4S/c1-42-18-15-38(16-19-43-2)14-3-17-44-26-11-4-22(5-12-26)32-31-28(27-20-23(35)6-13-29(27)37-31)21-30-33(41)39(34(45)40(30)32)25-9-7-24(36)8-10-25/h4-13,20,30,32,37H,3,14-19,21H2,1-2H3. The number of carbonyl (C=O) groups excluding carboxylic acids is 1. The number of rotatable bonds is 13. The van der Waals surface area contributed by atoms with E-state index in [1.54, 1.807) is 31.3 Å². The number of anilines is 1. The maximum Gasteiger partial charge on any atom is 0.256 e. The molecule has 2 aliphatic rings. The Hall–Kier alpha value is -2.99. The molecule has 2 unspecified atom stereocenters. The van der Waals surface area contributed by atoms with Gasteiger partial charge in [0.2, 0.25) is 0 Å². The van der Waals surface area contributed by atoms with Crippen molar-refractivity contribution in [1.29, 1.82) is 0 Å². The van der Waals surface area contributed by atoms with Gasteiger partial charge >= 0.3 is 0 Å². The van der Waals surface area contributed by atoms with Gasteiger partial charge in [-0.3, -0.25) is 14.6 Å². The summed E-state index contributed by atoms with van der Waals surface area (Å²) in [6, 6.07) is 20.9. The molecule has 236 valence electrons. The number of halogens is 2. The average Bonchev–Trinajstić information content (AvgIpc) is 3.53. The molecule has 2 atom stereocenters. The van der Waals surface area contributed by atoms with Gasteiger partial charge in [-0.05, 0) is 84.4 Å². The molecule has 2 aliphatic heterocycles. The number of H-pyrrole nitrogens is 1. The molecule has 1 aromatic heterocycles. The van der Waals surface area contributed by atoms with Crippen LogP contribution in [0, 0.1) is 0 Å². The van der Waals surface area contributed by atoms with Crippen LogP contribution in [0.2, 0.25) is 5.02 Å². The van der Waals surface area contributed by atoms with Crippen LogP contribution >= 0.6 is 39.7 Å². The maximum absolute atomic E-state index is 14.0. The van der Waals surface area contributed by atoms with Crippen LogP contribution in [0.3, 0.4) is 0 Å². The van der Waals surface area contributed by atoms with E-state index in [4.69, 9.17) is 38.0 Å². The van der Waals surface area contributed by atoms with Crippen LogP contribution in [0.4, 0.5) is 5.69 Å². The number of ether oxygens (including phenoxy) is 3. The van der Waals surface area contributed by atoms with Crippen molar-refractivity contribution >= 4 is 67.4 Å². The second kappa shape index (κ2) is 14.2. The lowest BCUT2D eigenvalue weighted by Gasteiger charge is -2.37. The third-order valence-electron chi connectivity index (χ3n) is 8.50. The number of amides is 1. The first kappa shape index (κ1) is 32.0. The fourth-order valence-corrected chi connectivity index (χ4v) is 7.18. The Morgan fingerprint density at radius 2 is 1.69 bits per heavy atom. The molecule has 3 heterocycles. The zero-order valence-electron chi connectivity index (χ0n) is 25.3. The van der Waals surface area contributed by atoms with E-state index in [0.29, 0.717) is 42.1 Å². The van der Waals surface area contributed by atoms with Crippen LogP contribution in [0.1, 0.15) is 29.3 Å². The van der Waals surface area contributed by atoms with Crippen LogP contribution in [-0.4, -0.2) is 85.5 Å². The second-order valence-corrected chi connectivity index (χ2v) is 13.0. The second-order valence-electron chi connectivity index (χ2n) is 11.3. The van der Waals surface area contributed by atoms with E-state index in [0.717, 1.165) is 64.0 Å². The molecule has 0 bridgehead atoms. The number of benzene rings is 3. The first-order chi connectivity index (χ1) is 21.9. The van der Waals surface area contributed by atoms with Crippen molar-refractivity contribution in [2.24, 2.45) is 0 Å². The van der Waals surface area contributed by atoms with E-state index in [1.807, 2.05) is 30.3 Å². The minimum Gasteiger partial charge on any atom is -0.494 e. The van der Waals surface area contributed by atoms with Gasteiger partial charge in [0.15, 0.2) is 5.11 Å². The smallest absolute Gasteiger partial charge is 0.256 e. The molecule has 0 aliphatic carbocycles. The molecule has 8 nitrogen and oxygen atoms in total. The first-order valence-electron chi connectivity index (χ1n) is 15.0. The van der Waals surface area contributed by atoms with Crippen LogP contribution < -0.4 is 9.64 Å². The lowest BCUT2D eigenvalue weighted by atomic mass is 9.89. The van der Waals surface area contributed by atoms with E-state index in [2.05, 4.69) is 55.0 Å². The lowest BCUT2D eigenvalue weighted by Crippen LogP contribution is -2.44. The fraction of sp³-hybridized carbons (Fsp3) is 0.353. The molecule has 11 heteroatoms. The molecule has 1 fully saturated rings. The molecule has 45 heavy (non-hydrogen) atoms. The average molecular weight is 712 g/mol. The van der Waals surface area contributed by atoms with E-state index in [9.17, 15) is 4.79 Å². The summed E-state index contributed by atoms with van der Waals surface area (Å²) in [5.41, 5.74) is 4.96. The van der Waals surface area contributed by atoms with Gasteiger partial charge in [0.05, 0.1) is 31.5 Å². The summed E-state index contributed by atoms with van der Waals surface area (Å²) >= 11 is 15.8. The summed E-state index contributed by atoms with van der Waals surface area (Å²) in [5.74, 6) is 0.766. The molecule has 6 rings (SSSR count). The Morgan fingerprint density at radius 1 is 0.978 bits per heavy atom. The number of carbonyl (C=O) groups is 1. The van der Waals surface area contributed by atoms with Gasteiger partial charge < -0.3 is 24.1 Å². The molecule has 0 saturated carbocycles. The fourth-order valence-electron chi connectivity index (χ4n) is 6.27. The highest BCUT2D eigenvalue weighted by atomic mass is 79.9. The van der Waals surface area contributed by atoms with Crippen molar-refractivity contribution in [1.82, 2.24) is 14.8 Å². The monoisotopic (exact) mass is 710 g/mol. The number of aromatic nitrogens is 1. The summed E-state index contributed by atoms with van der Waals surface area (Å²) in [5, 5.41) is 2.20. The Labute approximate surface area is 282 Å². The zero-order valence-corrected chi connectivity index (χ0v) is 28.5. The summed E-state index contributed by atoms with van der Waals surface area (Å²) in [7, 11) is 3.44. The van der Waals surface area contributed by atoms with Gasteiger partial charge in [0, 0.05) is 66.4 Å². The third kappa shape index (κ3) is 6.63. The topological polar surface area (TPSA) is 70.3 Å². The van der Waals surface area contributed by atoms with Crippen LogP contribution in [0.25, 0.3) is 10.9 Å². The minimum atomic E-state index is -0.432. The van der Waals surface area contributed by atoms with E-state index >= 15 is 0 Å². The van der Waals surface area contributed by atoms with Gasteiger partial charge in [-0.25, -0.2) is 0 Å². The normalized spacial score (nSPS) is 17.8. The maximum atomic E-state index is 14.0. The number of nitrogens with zero attached hydrogens (tertiary/aromatic N) is 3. The predicted octanol–water partition coefficient (Wildman–Crippen LogP) is 6.60. The van der Waals surface area contributed by atoms with E-state index in [-0.39, 0.29) is 11.9 Å². The number of thiocarbonyl (C=S) groups is 1. The van der Waals surface area contributed by atoms with Gasteiger partial charge in [0.1, 0.15) is 11.8 Å². The zero-order chi connectivity index (χ0) is 31.5. The Balaban J connectivity index is 1.25. The minimum absolute atomic E-state index is 0.0349. The van der Waals surface area contributed by atoms with Crippen LogP contribution in [0.5, 0.6) is 5.75 Å². The predicted molar refractivity (Wildman–Crippen MR) is 185 cm³/mol. The highest BCUT2D eigenvalue weighted by Crippen LogP contribution is 2.45. The van der Waals surface area contributed by atoms with Gasteiger partial charge in [-0.15, -0.1) is 0 Å². The van der Waals surface area contributed by atoms with Crippen molar-refractivity contribution < 1.29 is 19.0 Å². The van der Waals surface area contributed by atoms with Gasteiger partial charge in [-0.2, -0.15) is 0 Å². The van der Waals surface area contributed by atoms with Crippen molar-refractivity contribution in [2.45, 2.75) is 24.9 Å². The molecule has 1 N–H and O–H groups in total. The summed E-state index contributed by atoms with van der Waals surface area (Å²) in [4.78, 5) is 23.7. The van der Waals surface area contributed by atoms with Crippen molar-refractivity contribution in [3.63, 3.8) is 0 Å². The Bertz CT molecular complexity index is 1660. The number of hydrogen-bond donors (Lipinski definition) is 1. The molecular formula is C34H36BrClN4O4S. The number of hydrogen-bond acceptors (Lipinski definition) is 6. The lowest BCUT2D eigenvalue weighted by molar-refractivity contribution is -0.120. The molecule has 3 aromatic carbocycles. The van der Waals surface area contributed by atoms with Crippen molar-refractivity contribution in [3.8, 4) is 5.75 Å². The van der Waals surface area contributed by atoms with Crippen LogP contribution in [0.15, 0.2) is 71.2 Å². The van der Waals surface area contributed by atoms with Crippen molar-refractivity contribution in [2.75, 3.05) is 58.6 Å². The van der Waals surface area contributed by atoms with Crippen LogP contribution in [-0.2, 0) is 20.7 Å². The molecule has 4 aromatic rings. The Morgan fingerprint density at radius 3 is 2.38 bits per heavy atom. The SMILES string of the molecule is COCCN(CCCOc1ccc(C2c3[nH]c4ccc(Br)cc4c3CC3C(=O)N(c4ccc(Cl)cc4)C(=S)N32)cc1)CCOC. The summed E-state index contributed by atoms with van der Waals surface area (Å²) in [6.45, 7) is 4.60. The molecule has 1 saturated heterocycles. The molecule has 0 spiro atoms. The van der Waals surface area contributed by atoms with Crippen molar-refractivity contribution in [3.05, 3.63) is 93.0 Å². The Kier molecular flexibility index (Phi) is 10.1. The number of aromatic amines is 1. The third-order valence-corrected chi connectivity index (χ3v) is 9.63. The van der Waals surface area contributed by atoms with E-state index < -0.39 is 6.04 Å². The molecule has 0 radical (unpaired) electrons. The van der Waals surface area contributed by atoms with Gasteiger partial charge in [-0.1, -0.05) is 39.7 Å². The largest absolute Gasteiger partial charge is 0.494 e. The number of methoxy groups -OCH3 is 2. The highest BCUT2D eigenvalue weighted by Gasteiger charge is 2.51. The first-order valence-corrected chi connectivity index (χ1v) is 16.6. The van der Waals surface area contributed by atoms with E-state index in [1.165, 1.54) is 0 Å².